The minimum atomic E-state index is -1.04. The molecule has 0 aromatic heterocycles. The molecule has 1 N–H and O–H groups in total. The molecule has 1 aliphatic rings. The Morgan fingerprint density at radius 3 is 2.47 bits per heavy atom. The molecular formula is C28H32N2O3S. The maximum absolute atomic E-state index is 14.4. The molecule has 0 saturated carbocycles. The van der Waals surface area contributed by atoms with Gasteiger partial charge in [0.1, 0.15) is 11.1 Å². The van der Waals surface area contributed by atoms with Crippen LogP contribution < -0.4 is 5.32 Å². The summed E-state index contributed by atoms with van der Waals surface area (Å²) in [6.07, 6.45) is 0.0771. The first-order valence-electron chi connectivity index (χ1n) is 11.7. The third-order valence-electron chi connectivity index (χ3n) is 6.04. The van der Waals surface area contributed by atoms with E-state index < -0.39 is 17.2 Å². The zero-order chi connectivity index (χ0) is 24.2. The lowest BCUT2D eigenvalue weighted by molar-refractivity contribution is -0.00803. The largest absolute Gasteiger partial charge is 0.444 e. The van der Waals surface area contributed by atoms with E-state index in [9.17, 15) is 9.59 Å². The topological polar surface area (TPSA) is 58.6 Å². The molecule has 1 amide bonds. The number of Topliss-reactive ketones (excluding diaryl/α,β-unsaturated/α-hetero) is 1. The number of ketones is 1. The smallest absolute Gasteiger partial charge is 0.411 e. The minimum Gasteiger partial charge on any atom is -0.444 e. The summed E-state index contributed by atoms with van der Waals surface area (Å²) in [4.78, 5) is 30.6. The van der Waals surface area contributed by atoms with Crippen molar-refractivity contribution in [1.29, 1.82) is 0 Å². The predicted octanol–water partition coefficient (Wildman–Crippen LogP) is 5.78. The monoisotopic (exact) mass is 476 g/mol. The molecule has 0 unspecified atom stereocenters. The number of rotatable bonds is 6. The second kappa shape index (κ2) is 10.2. The Kier molecular flexibility index (Phi) is 7.29. The second-order valence-corrected chi connectivity index (χ2v) is 10.8. The Balaban J connectivity index is 1.73. The van der Waals surface area contributed by atoms with Crippen LogP contribution in [-0.2, 0) is 4.74 Å². The summed E-state index contributed by atoms with van der Waals surface area (Å²) < 4.78 is 5.77. The van der Waals surface area contributed by atoms with Gasteiger partial charge in [-0.05, 0) is 50.1 Å². The Morgan fingerprint density at radius 2 is 1.71 bits per heavy atom. The molecule has 1 heterocycles. The third kappa shape index (κ3) is 5.29. The van der Waals surface area contributed by atoms with Gasteiger partial charge in [-0.25, -0.2) is 4.79 Å². The Morgan fingerprint density at radius 1 is 1.00 bits per heavy atom. The summed E-state index contributed by atoms with van der Waals surface area (Å²) in [5.74, 6) is 0.651. The molecule has 0 bridgehead atoms. The zero-order valence-electron chi connectivity index (χ0n) is 20.0. The summed E-state index contributed by atoms with van der Waals surface area (Å²) in [6.45, 7) is 6.99. The summed E-state index contributed by atoms with van der Waals surface area (Å²) in [6, 6.07) is 23.8. The second-order valence-electron chi connectivity index (χ2n) is 9.61. The van der Waals surface area contributed by atoms with Crippen LogP contribution in [0.4, 0.5) is 4.79 Å². The van der Waals surface area contributed by atoms with Gasteiger partial charge in [0, 0.05) is 35.8 Å². The van der Waals surface area contributed by atoms with Crippen LogP contribution >= 0.6 is 11.8 Å². The Bertz CT molecular complexity index is 1150. The summed E-state index contributed by atoms with van der Waals surface area (Å²) in [7, 11) is 0. The maximum Gasteiger partial charge on any atom is 0.411 e. The van der Waals surface area contributed by atoms with Gasteiger partial charge in [-0.3, -0.25) is 9.69 Å². The number of hydrogen-bond acceptors (Lipinski definition) is 5. The number of carbonyl (C=O) groups excluding carboxylic acids is 2. The van der Waals surface area contributed by atoms with Crippen molar-refractivity contribution >= 4 is 34.4 Å². The Hall–Kier alpha value is -2.83. The highest BCUT2D eigenvalue weighted by Gasteiger charge is 2.49. The molecule has 5 nitrogen and oxygen atoms in total. The van der Waals surface area contributed by atoms with Gasteiger partial charge < -0.3 is 10.1 Å². The Labute approximate surface area is 205 Å². The van der Waals surface area contributed by atoms with Gasteiger partial charge in [0.25, 0.3) is 0 Å². The van der Waals surface area contributed by atoms with E-state index in [2.05, 4.69) is 17.4 Å². The molecule has 4 rings (SSSR count). The van der Waals surface area contributed by atoms with Crippen molar-refractivity contribution in [3.05, 3.63) is 78.4 Å². The van der Waals surface area contributed by atoms with Crippen LogP contribution in [0, 0.1) is 0 Å². The fraction of sp³-hybridized carbons (Fsp3) is 0.357. The van der Waals surface area contributed by atoms with Crippen molar-refractivity contribution in [1.82, 2.24) is 10.2 Å². The van der Waals surface area contributed by atoms with Gasteiger partial charge in [-0.15, -0.1) is 11.8 Å². The molecule has 3 aromatic rings. The molecule has 0 aliphatic carbocycles. The quantitative estimate of drug-likeness (QED) is 0.361. The fourth-order valence-corrected chi connectivity index (χ4v) is 5.47. The first kappa shape index (κ1) is 24.3. The van der Waals surface area contributed by atoms with E-state index in [-0.39, 0.29) is 5.78 Å². The van der Waals surface area contributed by atoms with Crippen LogP contribution in [0.1, 0.15) is 37.6 Å². The molecule has 178 valence electrons. The molecule has 3 aromatic carbocycles. The van der Waals surface area contributed by atoms with Crippen molar-refractivity contribution in [3.8, 4) is 0 Å². The van der Waals surface area contributed by atoms with Crippen molar-refractivity contribution in [2.45, 2.75) is 43.2 Å². The van der Waals surface area contributed by atoms with Crippen LogP contribution in [0.2, 0.25) is 0 Å². The standard InChI is InChI=1S/C28H32N2O3S/c1-27(2,3)33-26(32)30-18-17-29-20-28(30,16-19-34-22-12-5-4-6-13-22)25(31)24-15-9-11-21-10-7-8-14-23(21)24/h4-15,29H,16-20H2,1-3H3/t28-/m0/s1. The number of piperazine rings is 1. The average Bonchev–Trinajstić information content (AvgIpc) is 2.83. The summed E-state index contributed by atoms with van der Waals surface area (Å²) in [5, 5.41) is 5.30. The maximum atomic E-state index is 14.4. The highest BCUT2D eigenvalue weighted by molar-refractivity contribution is 7.99. The van der Waals surface area contributed by atoms with Crippen LogP contribution in [-0.4, -0.2) is 53.3 Å². The van der Waals surface area contributed by atoms with E-state index in [1.54, 1.807) is 16.7 Å². The molecule has 0 spiro atoms. The van der Waals surface area contributed by atoms with Gasteiger partial charge >= 0.3 is 6.09 Å². The van der Waals surface area contributed by atoms with Gasteiger partial charge in [0.2, 0.25) is 0 Å². The van der Waals surface area contributed by atoms with Crippen molar-refractivity contribution in [2.24, 2.45) is 0 Å². The van der Waals surface area contributed by atoms with E-state index >= 15 is 0 Å². The van der Waals surface area contributed by atoms with Crippen LogP contribution in [0.5, 0.6) is 0 Å². The number of nitrogens with zero attached hydrogens (tertiary/aromatic N) is 1. The van der Waals surface area contributed by atoms with Gasteiger partial charge in [0.15, 0.2) is 5.78 Å². The molecule has 1 fully saturated rings. The van der Waals surface area contributed by atoms with E-state index in [1.165, 1.54) is 0 Å². The zero-order valence-corrected chi connectivity index (χ0v) is 20.9. The highest BCUT2D eigenvalue weighted by Crippen LogP contribution is 2.33. The molecule has 1 atom stereocenters. The van der Waals surface area contributed by atoms with E-state index in [1.807, 2.05) is 81.4 Å². The number of amides is 1. The minimum absolute atomic E-state index is 0.0454. The number of carbonyl (C=O) groups is 2. The van der Waals surface area contributed by atoms with Crippen LogP contribution in [0.3, 0.4) is 0 Å². The molecule has 1 saturated heterocycles. The molecule has 1 aliphatic heterocycles. The van der Waals surface area contributed by atoms with Crippen LogP contribution in [0.15, 0.2) is 77.7 Å². The van der Waals surface area contributed by atoms with Gasteiger partial charge in [-0.2, -0.15) is 0 Å². The summed E-state index contributed by atoms with van der Waals surface area (Å²) >= 11 is 1.70. The predicted molar refractivity (Wildman–Crippen MR) is 139 cm³/mol. The van der Waals surface area contributed by atoms with Crippen molar-refractivity contribution in [3.63, 3.8) is 0 Å². The van der Waals surface area contributed by atoms with E-state index in [4.69, 9.17) is 4.74 Å². The number of fused-ring (bicyclic) bond motifs is 1. The molecule has 34 heavy (non-hydrogen) atoms. The SMILES string of the molecule is CC(C)(C)OC(=O)N1CCNC[C@@]1(CCSc1ccccc1)C(=O)c1cccc2ccccc12. The number of hydrogen-bond donors (Lipinski definition) is 1. The highest BCUT2D eigenvalue weighted by atomic mass is 32.2. The number of thioether (sulfide) groups is 1. The molecule has 0 radical (unpaired) electrons. The first-order valence-corrected chi connectivity index (χ1v) is 12.7. The fourth-order valence-electron chi connectivity index (χ4n) is 4.45. The molecular weight excluding hydrogens is 444 g/mol. The summed E-state index contributed by atoms with van der Waals surface area (Å²) in [5.41, 5.74) is -1.04. The lowest BCUT2D eigenvalue weighted by Gasteiger charge is -2.46. The average molecular weight is 477 g/mol. The number of benzene rings is 3. The van der Waals surface area contributed by atoms with Gasteiger partial charge in [0.05, 0.1) is 0 Å². The van der Waals surface area contributed by atoms with Crippen molar-refractivity contribution < 1.29 is 14.3 Å². The lowest BCUT2D eigenvalue weighted by Crippen LogP contribution is -2.67. The van der Waals surface area contributed by atoms with E-state index in [0.717, 1.165) is 15.7 Å². The number of ether oxygens (including phenoxy) is 1. The lowest BCUT2D eigenvalue weighted by atomic mass is 9.82. The number of nitrogens with one attached hydrogen (secondary N) is 1. The van der Waals surface area contributed by atoms with Gasteiger partial charge in [-0.1, -0.05) is 60.7 Å². The van der Waals surface area contributed by atoms with E-state index in [0.29, 0.717) is 37.4 Å². The van der Waals surface area contributed by atoms with Crippen LogP contribution in [0.25, 0.3) is 10.8 Å². The normalized spacial score (nSPS) is 18.6. The third-order valence-corrected chi connectivity index (χ3v) is 7.06. The first-order chi connectivity index (χ1) is 16.3. The molecule has 6 heteroatoms. The van der Waals surface area contributed by atoms with Crippen molar-refractivity contribution in [2.75, 3.05) is 25.4 Å².